The number of furan rings is 1. The van der Waals surface area contributed by atoms with Gasteiger partial charge in [-0.2, -0.15) is 0 Å². The second-order valence-electron chi connectivity index (χ2n) is 12.3. The average molecular weight is 608 g/mol. The molecule has 4 heterocycles. The van der Waals surface area contributed by atoms with Crippen LogP contribution in [-0.4, -0.2) is 19.9 Å². The van der Waals surface area contributed by atoms with E-state index in [2.05, 4.69) is 85.5 Å². The molecule has 5 aromatic carbocycles. The first-order valence-electron chi connectivity index (χ1n) is 15.7. The van der Waals surface area contributed by atoms with Gasteiger partial charge in [-0.15, -0.1) is 0 Å². The lowest BCUT2D eigenvalue weighted by molar-refractivity contribution is 0.630. The van der Waals surface area contributed by atoms with Gasteiger partial charge in [0.05, 0.1) is 22.6 Å². The highest BCUT2D eigenvalue weighted by atomic mass is 16.3. The maximum Gasteiger partial charge on any atom is 0.167 e. The lowest BCUT2D eigenvalue weighted by Gasteiger charge is -2.41. The first kappa shape index (κ1) is 27.2. The lowest BCUT2D eigenvalue weighted by atomic mass is 9.73. The fourth-order valence-electron chi connectivity index (χ4n) is 6.87. The number of anilines is 3. The van der Waals surface area contributed by atoms with E-state index in [0.29, 0.717) is 23.1 Å². The first-order valence-corrected chi connectivity index (χ1v) is 15.7. The molecule has 0 spiro atoms. The molecule has 0 saturated heterocycles. The van der Waals surface area contributed by atoms with Gasteiger partial charge in [0.1, 0.15) is 5.52 Å². The summed E-state index contributed by atoms with van der Waals surface area (Å²) in [4.78, 5) is 22.0. The van der Waals surface area contributed by atoms with Gasteiger partial charge in [0.25, 0.3) is 0 Å². The molecule has 8 aromatic rings. The van der Waals surface area contributed by atoms with Crippen molar-refractivity contribution in [1.29, 1.82) is 0 Å². The predicted octanol–water partition coefficient (Wildman–Crippen LogP) is 10.3. The third kappa shape index (κ3) is 4.26. The van der Waals surface area contributed by atoms with Crippen molar-refractivity contribution in [2.45, 2.75) is 19.3 Å². The topological polar surface area (TPSA) is 67.9 Å². The maximum absolute atomic E-state index is 6.89. The number of aromatic nitrogens is 4. The zero-order valence-electron chi connectivity index (χ0n) is 25.9. The fraction of sp³-hybridized carbons (Fsp3) is 0.0732. The maximum atomic E-state index is 6.89. The Balaban J connectivity index is 1.29. The molecular formula is C41H29N5O. The van der Waals surface area contributed by atoms with Gasteiger partial charge in [0.15, 0.2) is 28.6 Å². The molecular weight excluding hydrogens is 578 g/mol. The molecule has 0 N–H and O–H groups in total. The van der Waals surface area contributed by atoms with Crippen LogP contribution in [0.3, 0.4) is 0 Å². The molecule has 47 heavy (non-hydrogen) atoms. The van der Waals surface area contributed by atoms with Crippen LogP contribution in [0.5, 0.6) is 0 Å². The van der Waals surface area contributed by atoms with Crippen LogP contribution >= 0.6 is 0 Å². The number of hydrogen-bond donors (Lipinski definition) is 0. The van der Waals surface area contributed by atoms with Crippen LogP contribution in [0.2, 0.25) is 0 Å². The molecule has 1 aliphatic rings. The number of rotatable bonds is 4. The summed E-state index contributed by atoms with van der Waals surface area (Å²) in [6.07, 6.45) is 1.81. The van der Waals surface area contributed by atoms with Crippen molar-refractivity contribution in [3.8, 4) is 34.2 Å². The highest BCUT2D eigenvalue weighted by molar-refractivity contribution is 6.11. The molecule has 0 saturated carbocycles. The molecule has 1 aliphatic heterocycles. The van der Waals surface area contributed by atoms with Crippen molar-refractivity contribution in [2.24, 2.45) is 0 Å². The highest BCUT2D eigenvalue weighted by Gasteiger charge is 2.37. The zero-order chi connectivity index (χ0) is 31.5. The number of pyridine rings is 1. The Morgan fingerprint density at radius 3 is 1.66 bits per heavy atom. The summed E-state index contributed by atoms with van der Waals surface area (Å²) >= 11 is 0. The van der Waals surface area contributed by atoms with Gasteiger partial charge in [-0.05, 0) is 41.5 Å². The minimum Gasteiger partial charge on any atom is -0.451 e. The smallest absolute Gasteiger partial charge is 0.167 e. The van der Waals surface area contributed by atoms with E-state index in [1.54, 1.807) is 0 Å². The van der Waals surface area contributed by atoms with E-state index in [4.69, 9.17) is 24.4 Å². The summed E-state index contributed by atoms with van der Waals surface area (Å²) in [6, 6.07) is 45.5. The van der Waals surface area contributed by atoms with Gasteiger partial charge in [0, 0.05) is 28.1 Å². The standard InChI is InChI=1S/C41H29N5O/c1-41(2)30-19-9-11-21-32(30)46(33-22-12-10-20-31(33)41)34-23-13-18-28-35-37(47-36(28)34)29(24-25-42-35)40-44-38(26-14-5-3-6-15-26)43-39(45-40)27-16-7-4-8-17-27/h3-25H,1-2H3. The second-order valence-corrected chi connectivity index (χ2v) is 12.3. The molecule has 0 atom stereocenters. The fourth-order valence-corrected chi connectivity index (χ4v) is 6.87. The van der Waals surface area contributed by atoms with Gasteiger partial charge in [-0.25, -0.2) is 15.0 Å². The molecule has 0 bridgehead atoms. The quantitative estimate of drug-likeness (QED) is 0.198. The van der Waals surface area contributed by atoms with E-state index in [1.165, 1.54) is 11.1 Å². The predicted molar refractivity (Wildman–Crippen MR) is 188 cm³/mol. The molecule has 6 heteroatoms. The van der Waals surface area contributed by atoms with E-state index >= 15 is 0 Å². The van der Waals surface area contributed by atoms with Gasteiger partial charge < -0.3 is 9.32 Å². The highest BCUT2D eigenvalue weighted by Crippen LogP contribution is 2.53. The van der Waals surface area contributed by atoms with Crippen molar-refractivity contribution >= 4 is 39.1 Å². The van der Waals surface area contributed by atoms with Crippen molar-refractivity contribution in [1.82, 2.24) is 19.9 Å². The molecule has 3 aromatic heterocycles. The lowest BCUT2D eigenvalue weighted by Crippen LogP contribution is -2.30. The molecule has 0 aliphatic carbocycles. The van der Waals surface area contributed by atoms with Gasteiger partial charge in [-0.1, -0.05) is 117 Å². The van der Waals surface area contributed by atoms with E-state index in [-0.39, 0.29) is 5.41 Å². The number of hydrogen-bond acceptors (Lipinski definition) is 6. The monoisotopic (exact) mass is 607 g/mol. The average Bonchev–Trinajstić information content (AvgIpc) is 3.52. The van der Waals surface area contributed by atoms with Crippen LogP contribution in [0.4, 0.5) is 17.1 Å². The summed E-state index contributed by atoms with van der Waals surface area (Å²) < 4.78 is 6.89. The van der Waals surface area contributed by atoms with Crippen molar-refractivity contribution in [3.63, 3.8) is 0 Å². The largest absolute Gasteiger partial charge is 0.451 e. The van der Waals surface area contributed by atoms with E-state index in [0.717, 1.165) is 50.2 Å². The van der Waals surface area contributed by atoms with Crippen LogP contribution < -0.4 is 4.90 Å². The summed E-state index contributed by atoms with van der Waals surface area (Å²) in [7, 11) is 0. The minimum absolute atomic E-state index is 0.161. The third-order valence-corrected chi connectivity index (χ3v) is 9.18. The summed E-state index contributed by atoms with van der Waals surface area (Å²) in [6.45, 7) is 4.59. The summed E-state index contributed by atoms with van der Waals surface area (Å²) in [5, 5.41) is 0.930. The van der Waals surface area contributed by atoms with Gasteiger partial charge >= 0.3 is 0 Å². The van der Waals surface area contributed by atoms with Crippen LogP contribution in [-0.2, 0) is 5.41 Å². The summed E-state index contributed by atoms with van der Waals surface area (Å²) in [5.74, 6) is 1.72. The van der Waals surface area contributed by atoms with Crippen molar-refractivity contribution < 1.29 is 4.42 Å². The SMILES string of the molecule is CC1(C)c2ccccc2N(c2cccc3c2oc2c(-c4nc(-c5ccccc5)nc(-c5ccccc5)n4)ccnc23)c2ccccc21. The van der Waals surface area contributed by atoms with Crippen LogP contribution in [0.15, 0.2) is 144 Å². The number of para-hydroxylation sites is 3. The summed E-state index contributed by atoms with van der Waals surface area (Å²) in [5.41, 5.74) is 10.3. The molecule has 0 radical (unpaired) electrons. The first-order chi connectivity index (χ1) is 23.1. The zero-order valence-corrected chi connectivity index (χ0v) is 25.9. The van der Waals surface area contributed by atoms with Crippen molar-refractivity contribution in [2.75, 3.05) is 4.90 Å². The Morgan fingerprint density at radius 2 is 1.04 bits per heavy atom. The molecule has 9 rings (SSSR count). The second kappa shape index (κ2) is 10.5. The van der Waals surface area contributed by atoms with Crippen LogP contribution in [0.25, 0.3) is 56.2 Å². The van der Waals surface area contributed by atoms with Crippen LogP contribution in [0.1, 0.15) is 25.0 Å². The molecule has 0 fully saturated rings. The van der Waals surface area contributed by atoms with E-state index in [9.17, 15) is 0 Å². The number of benzene rings is 5. The van der Waals surface area contributed by atoms with Crippen molar-refractivity contribution in [3.05, 3.63) is 151 Å². The minimum atomic E-state index is -0.161. The van der Waals surface area contributed by atoms with E-state index in [1.807, 2.05) is 72.9 Å². The molecule has 6 nitrogen and oxygen atoms in total. The number of nitrogens with zero attached hydrogens (tertiary/aromatic N) is 5. The Hall–Kier alpha value is -6.14. The molecule has 224 valence electrons. The van der Waals surface area contributed by atoms with E-state index < -0.39 is 0 Å². The Morgan fingerprint density at radius 1 is 0.511 bits per heavy atom. The van der Waals surface area contributed by atoms with Gasteiger partial charge in [0.2, 0.25) is 0 Å². The Labute approximate surface area is 272 Å². The third-order valence-electron chi connectivity index (χ3n) is 9.18. The molecule has 0 unspecified atom stereocenters. The Kier molecular flexibility index (Phi) is 6.05. The Bertz CT molecular complexity index is 2340. The number of fused-ring (bicyclic) bond motifs is 5. The normalized spacial score (nSPS) is 13.4. The molecule has 0 amide bonds. The van der Waals surface area contributed by atoms with Gasteiger partial charge in [-0.3, -0.25) is 4.98 Å². The van der Waals surface area contributed by atoms with Crippen LogP contribution in [0, 0.1) is 0 Å².